The molecule has 4 bridgehead atoms. The van der Waals surface area contributed by atoms with Gasteiger partial charge in [0.1, 0.15) is 5.69 Å². The van der Waals surface area contributed by atoms with Crippen LogP contribution in [0.1, 0.15) is 54.7 Å². The van der Waals surface area contributed by atoms with Crippen LogP contribution in [0.15, 0.2) is 48.8 Å². The van der Waals surface area contributed by atoms with Crippen molar-refractivity contribution < 1.29 is 14.3 Å². The fourth-order valence-electron chi connectivity index (χ4n) is 6.87. The largest absolute Gasteiger partial charge is 0.414 e. The zero-order valence-electron chi connectivity index (χ0n) is 19.1. The van der Waals surface area contributed by atoms with E-state index < -0.39 is 6.09 Å². The fraction of sp³-hybridized carbons (Fsp3) is 0.423. The van der Waals surface area contributed by atoms with Gasteiger partial charge in [0.05, 0.1) is 5.52 Å². The Kier molecular flexibility index (Phi) is 4.79. The summed E-state index contributed by atoms with van der Waals surface area (Å²) in [6.45, 7) is 1.88. The normalized spacial score (nSPS) is 29.1. The molecule has 8 nitrogen and oxygen atoms in total. The fourth-order valence-corrected chi connectivity index (χ4v) is 6.87. The number of nitrogens with one attached hydrogen (secondary N) is 2. The van der Waals surface area contributed by atoms with Crippen molar-refractivity contribution in [1.29, 1.82) is 0 Å². The molecule has 3 aromatic rings. The summed E-state index contributed by atoms with van der Waals surface area (Å²) in [4.78, 5) is 38.9. The minimum absolute atomic E-state index is 0.141. The molecule has 0 aromatic carbocycles. The van der Waals surface area contributed by atoms with Gasteiger partial charge in [0.2, 0.25) is 5.88 Å². The molecule has 7 rings (SSSR count). The third-order valence-electron chi connectivity index (χ3n) is 7.59. The number of amides is 2. The Hall–Kier alpha value is -3.55. The molecule has 4 saturated carbocycles. The number of rotatable bonds is 4. The van der Waals surface area contributed by atoms with E-state index in [9.17, 15) is 9.59 Å². The second-order valence-electron chi connectivity index (χ2n) is 10.4. The van der Waals surface area contributed by atoms with Crippen molar-refractivity contribution in [3.05, 3.63) is 60.2 Å². The maximum Gasteiger partial charge on any atom is 0.414 e. The number of carbonyl (C=O) groups excluding carboxylic acids is 2. The van der Waals surface area contributed by atoms with Crippen LogP contribution in [0.4, 0.5) is 4.79 Å². The van der Waals surface area contributed by atoms with Crippen LogP contribution in [0.2, 0.25) is 0 Å². The lowest BCUT2D eigenvalue weighted by Crippen LogP contribution is -2.70. The van der Waals surface area contributed by atoms with Crippen LogP contribution in [0.25, 0.3) is 10.9 Å². The van der Waals surface area contributed by atoms with Crippen LogP contribution < -0.4 is 15.4 Å². The van der Waals surface area contributed by atoms with Gasteiger partial charge in [-0.15, -0.1) is 0 Å². The second-order valence-corrected chi connectivity index (χ2v) is 10.4. The number of fused-ring (bicyclic) bond motifs is 1. The molecule has 3 aromatic heterocycles. The molecular formula is C26H27N5O3. The standard InChI is InChI=1S/C26H27N5O3/c1-16-3-2-4-21(28-16)23(32)30-25-10-17-9-18(11-25)13-26(12-17,15-25)31-24(33)34-22-6-5-19-14-27-8-7-20(19)29-22/h2-8,14,17-18H,9-13,15H2,1H3,(H,30,32)(H,31,33). The number of aryl methyl sites for hydroxylation is 1. The summed E-state index contributed by atoms with van der Waals surface area (Å²) < 4.78 is 5.58. The molecule has 34 heavy (non-hydrogen) atoms. The number of pyridine rings is 3. The van der Waals surface area contributed by atoms with Gasteiger partial charge < -0.3 is 15.4 Å². The number of nitrogens with zero attached hydrogens (tertiary/aromatic N) is 3. The summed E-state index contributed by atoms with van der Waals surface area (Å²) in [6, 6.07) is 10.8. The average molecular weight is 458 g/mol. The molecule has 4 aliphatic carbocycles. The Bertz CT molecular complexity index is 1280. The van der Waals surface area contributed by atoms with Crippen molar-refractivity contribution in [1.82, 2.24) is 25.6 Å². The second kappa shape index (κ2) is 7.75. The predicted molar refractivity (Wildman–Crippen MR) is 125 cm³/mol. The highest BCUT2D eigenvalue weighted by Gasteiger charge is 2.59. The van der Waals surface area contributed by atoms with Gasteiger partial charge in [-0.05, 0) is 81.5 Å². The number of carbonyl (C=O) groups is 2. The number of hydrogen-bond donors (Lipinski definition) is 2. The van der Waals surface area contributed by atoms with Gasteiger partial charge in [-0.1, -0.05) is 6.07 Å². The van der Waals surface area contributed by atoms with Gasteiger partial charge in [0.15, 0.2) is 0 Å². The van der Waals surface area contributed by atoms with Crippen LogP contribution in [0.5, 0.6) is 5.88 Å². The van der Waals surface area contributed by atoms with E-state index in [1.165, 1.54) is 0 Å². The summed E-state index contributed by atoms with van der Waals surface area (Å²) in [5.41, 5.74) is 1.28. The molecule has 8 heteroatoms. The van der Waals surface area contributed by atoms with E-state index in [0.29, 0.717) is 24.0 Å². The molecule has 0 spiro atoms. The third kappa shape index (κ3) is 3.87. The Balaban J connectivity index is 1.19. The van der Waals surface area contributed by atoms with Crippen LogP contribution in [0.3, 0.4) is 0 Å². The van der Waals surface area contributed by atoms with E-state index in [-0.39, 0.29) is 22.9 Å². The molecule has 2 unspecified atom stereocenters. The maximum atomic E-state index is 13.1. The molecule has 0 aliphatic heterocycles. The van der Waals surface area contributed by atoms with E-state index in [4.69, 9.17) is 4.74 Å². The molecule has 0 radical (unpaired) electrons. The quantitative estimate of drug-likeness (QED) is 0.615. The van der Waals surface area contributed by atoms with Crippen LogP contribution in [-0.2, 0) is 0 Å². The van der Waals surface area contributed by atoms with Crippen molar-refractivity contribution in [3.63, 3.8) is 0 Å². The lowest BCUT2D eigenvalue weighted by atomic mass is 9.50. The SMILES string of the molecule is Cc1cccc(C(=O)NC23CC4CC(CC(NC(=O)Oc5ccc6cnccc6n5)(C4)C2)C3)n1. The van der Waals surface area contributed by atoms with E-state index in [1.54, 1.807) is 30.6 Å². The summed E-state index contributed by atoms with van der Waals surface area (Å²) in [5.74, 6) is 1.06. The van der Waals surface area contributed by atoms with Gasteiger partial charge >= 0.3 is 6.09 Å². The van der Waals surface area contributed by atoms with Crippen LogP contribution in [-0.4, -0.2) is 38.0 Å². The lowest BCUT2D eigenvalue weighted by molar-refractivity contribution is -0.0450. The maximum absolute atomic E-state index is 13.1. The summed E-state index contributed by atoms with van der Waals surface area (Å²) in [6.07, 6.45) is 8.46. The highest BCUT2D eigenvalue weighted by atomic mass is 16.6. The van der Waals surface area contributed by atoms with Crippen molar-refractivity contribution in [2.45, 2.75) is 56.5 Å². The molecule has 174 valence electrons. The van der Waals surface area contributed by atoms with E-state index in [2.05, 4.69) is 25.6 Å². The monoisotopic (exact) mass is 457 g/mol. The van der Waals surface area contributed by atoms with Crippen LogP contribution >= 0.6 is 0 Å². The van der Waals surface area contributed by atoms with Gasteiger partial charge in [-0.25, -0.2) is 14.8 Å². The first-order valence-corrected chi connectivity index (χ1v) is 11.9. The van der Waals surface area contributed by atoms with Gasteiger partial charge in [0, 0.05) is 40.6 Å². The Morgan fingerprint density at radius 1 is 0.971 bits per heavy atom. The molecule has 2 N–H and O–H groups in total. The number of ether oxygens (including phenoxy) is 1. The predicted octanol–water partition coefficient (Wildman–Crippen LogP) is 3.94. The van der Waals surface area contributed by atoms with Gasteiger partial charge in [-0.3, -0.25) is 9.78 Å². The minimum Gasteiger partial charge on any atom is -0.391 e. The van der Waals surface area contributed by atoms with Crippen LogP contribution in [0, 0.1) is 18.8 Å². The highest BCUT2D eigenvalue weighted by molar-refractivity contribution is 5.93. The smallest absolute Gasteiger partial charge is 0.391 e. The molecule has 4 fully saturated rings. The van der Waals surface area contributed by atoms with Crippen molar-refractivity contribution in [3.8, 4) is 5.88 Å². The zero-order valence-corrected chi connectivity index (χ0v) is 19.1. The Labute approximate surface area is 197 Å². The van der Waals surface area contributed by atoms with Gasteiger partial charge in [0.25, 0.3) is 5.91 Å². The summed E-state index contributed by atoms with van der Waals surface area (Å²) in [5, 5.41) is 7.40. The summed E-state index contributed by atoms with van der Waals surface area (Å²) >= 11 is 0. The number of hydrogen-bond acceptors (Lipinski definition) is 6. The molecule has 3 heterocycles. The zero-order chi connectivity index (χ0) is 23.3. The first-order chi connectivity index (χ1) is 16.4. The lowest BCUT2D eigenvalue weighted by Gasteiger charge is -2.61. The molecule has 0 saturated heterocycles. The summed E-state index contributed by atoms with van der Waals surface area (Å²) in [7, 11) is 0. The van der Waals surface area contributed by atoms with E-state index >= 15 is 0 Å². The van der Waals surface area contributed by atoms with Crippen molar-refractivity contribution >= 4 is 22.9 Å². The van der Waals surface area contributed by atoms with E-state index in [0.717, 1.165) is 48.7 Å². The van der Waals surface area contributed by atoms with Crippen molar-refractivity contribution in [2.75, 3.05) is 0 Å². The Morgan fingerprint density at radius 2 is 1.74 bits per heavy atom. The molecular weight excluding hydrogens is 430 g/mol. The van der Waals surface area contributed by atoms with Crippen molar-refractivity contribution in [2.24, 2.45) is 11.8 Å². The third-order valence-corrected chi connectivity index (χ3v) is 7.59. The highest BCUT2D eigenvalue weighted by Crippen LogP contribution is 2.57. The van der Waals surface area contributed by atoms with E-state index in [1.807, 2.05) is 25.1 Å². The first-order valence-electron chi connectivity index (χ1n) is 11.9. The molecule has 2 atom stereocenters. The first kappa shape index (κ1) is 21.0. The van der Waals surface area contributed by atoms with Gasteiger partial charge in [-0.2, -0.15) is 0 Å². The number of aromatic nitrogens is 3. The molecule has 4 aliphatic rings. The minimum atomic E-state index is -0.496. The topological polar surface area (TPSA) is 106 Å². The molecule has 2 amide bonds. The average Bonchev–Trinajstić information content (AvgIpc) is 2.77. The Morgan fingerprint density at radius 3 is 2.50 bits per heavy atom.